The summed E-state index contributed by atoms with van der Waals surface area (Å²) >= 11 is 1.09. The SMILES string of the molecule is COCCOC(=O)c1sc2ncn(CC(=O)Nc3ccc(OC)cc3)c(=O)c2c1C. The van der Waals surface area contributed by atoms with Gasteiger partial charge in [0.05, 0.1) is 25.4 Å². The van der Waals surface area contributed by atoms with Crippen LogP contribution < -0.4 is 15.6 Å². The number of thiophene rings is 1. The van der Waals surface area contributed by atoms with Gasteiger partial charge in [0.1, 0.15) is 28.6 Å². The molecule has 0 radical (unpaired) electrons. The number of amides is 1. The molecule has 0 saturated heterocycles. The number of aromatic nitrogens is 2. The van der Waals surface area contributed by atoms with Crippen molar-refractivity contribution in [2.45, 2.75) is 13.5 Å². The topological polar surface area (TPSA) is 109 Å². The molecule has 0 atom stereocenters. The first-order chi connectivity index (χ1) is 14.4. The number of carbonyl (C=O) groups excluding carboxylic acids is 2. The normalized spacial score (nSPS) is 10.8. The fraction of sp³-hybridized carbons (Fsp3) is 0.300. The van der Waals surface area contributed by atoms with Crippen molar-refractivity contribution in [2.75, 3.05) is 32.8 Å². The zero-order valence-electron chi connectivity index (χ0n) is 16.8. The quantitative estimate of drug-likeness (QED) is 0.430. The van der Waals surface area contributed by atoms with E-state index < -0.39 is 11.5 Å². The Bertz CT molecular complexity index is 1120. The minimum absolute atomic E-state index is 0.117. The molecule has 2 aromatic heterocycles. The van der Waals surface area contributed by atoms with Crippen LogP contribution in [-0.4, -0.2) is 48.9 Å². The van der Waals surface area contributed by atoms with Crippen LogP contribution in [0, 0.1) is 6.92 Å². The highest BCUT2D eigenvalue weighted by Crippen LogP contribution is 2.27. The van der Waals surface area contributed by atoms with E-state index in [9.17, 15) is 14.4 Å². The molecule has 0 aliphatic heterocycles. The van der Waals surface area contributed by atoms with E-state index >= 15 is 0 Å². The predicted octanol–water partition coefficient (Wildman–Crippen LogP) is 2.22. The van der Waals surface area contributed by atoms with Crippen molar-refractivity contribution >= 4 is 39.1 Å². The van der Waals surface area contributed by atoms with Crippen LogP contribution in [0.5, 0.6) is 5.75 Å². The van der Waals surface area contributed by atoms with Gasteiger partial charge >= 0.3 is 5.97 Å². The monoisotopic (exact) mass is 431 g/mol. The standard InChI is InChI=1S/C20H21N3O6S/c1-12-16-18(30-17(12)20(26)29-9-8-27-2)21-11-23(19(16)25)10-15(24)22-13-4-6-14(28-3)7-5-13/h4-7,11H,8-10H2,1-3H3,(H,22,24). The number of rotatable bonds is 8. The second-order valence-corrected chi connectivity index (χ2v) is 7.32. The highest BCUT2D eigenvalue weighted by molar-refractivity contribution is 7.20. The van der Waals surface area contributed by atoms with Gasteiger partial charge in [-0.05, 0) is 36.8 Å². The zero-order chi connectivity index (χ0) is 21.7. The highest BCUT2D eigenvalue weighted by atomic mass is 32.1. The maximum Gasteiger partial charge on any atom is 0.348 e. The average molecular weight is 431 g/mol. The van der Waals surface area contributed by atoms with Crippen LogP contribution >= 0.6 is 11.3 Å². The lowest BCUT2D eigenvalue weighted by atomic mass is 10.2. The number of aryl methyl sites for hydroxylation is 1. The average Bonchev–Trinajstić information content (AvgIpc) is 3.08. The maximum absolute atomic E-state index is 12.9. The lowest BCUT2D eigenvalue weighted by Gasteiger charge is -2.08. The Morgan fingerprint density at radius 1 is 1.17 bits per heavy atom. The van der Waals surface area contributed by atoms with Crippen LogP contribution in [0.2, 0.25) is 0 Å². The minimum Gasteiger partial charge on any atom is -0.497 e. The molecule has 0 aliphatic carbocycles. The summed E-state index contributed by atoms with van der Waals surface area (Å²) in [5.41, 5.74) is 0.671. The number of esters is 1. The van der Waals surface area contributed by atoms with E-state index in [1.54, 1.807) is 38.3 Å². The Labute approximate surface area is 176 Å². The fourth-order valence-electron chi connectivity index (χ4n) is 2.78. The van der Waals surface area contributed by atoms with E-state index in [1.807, 2.05) is 0 Å². The Balaban J connectivity index is 1.78. The third kappa shape index (κ3) is 4.66. The van der Waals surface area contributed by atoms with Gasteiger partial charge in [-0.25, -0.2) is 9.78 Å². The molecule has 158 valence electrons. The zero-order valence-corrected chi connectivity index (χ0v) is 17.6. The van der Waals surface area contributed by atoms with Crippen molar-refractivity contribution in [3.05, 3.63) is 51.4 Å². The number of methoxy groups -OCH3 is 2. The second-order valence-electron chi connectivity index (χ2n) is 6.32. The summed E-state index contributed by atoms with van der Waals surface area (Å²) in [4.78, 5) is 42.5. The van der Waals surface area contributed by atoms with Crippen LogP contribution in [0.3, 0.4) is 0 Å². The van der Waals surface area contributed by atoms with E-state index in [-0.39, 0.29) is 25.7 Å². The first kappa shape index (κ1) is 21.5. The maximum atomic E-state index is 12.9. The van der Waals surface area contributed by atoms with Gasteiger partial charge in [-0.3, -0.25) is 14.2 Å². The Morgan fingerprint density at radius 3 is 2.57 bits per heavy atom. The number of carbonyl (C=O) groups is 2. The van der Waals surface area contributed by atoms with Gasteiger partial charge in [0.25, 0.3) is 5.56 Å². The van der Waals surface area contributed by atoms with E-state index in [2.05, 4.69) is 10.3 Å². The molecule has 1 N–H and O–H groups in total. The van der Waals surface area contributed by atoms with Gasteiger partial charge in [0.2, 0.25) is 5.91 Å². The summed E-state index contributed by atoms with van der Waals surface area (Å²) in [5, 5.41) is 3.02. The third-order valence-corrected chi connectivity index (χ3v) is 5.49. The third-order valence-electron chi connectivity index (χ3n) is 4.31. The molecule has 0 saturated carbocycles. The van der Waals surface area contributed by atoms with Crippen molar-refractivity contribution in [1.29, 1.82) is 0 Å². The molecule has 1 amide bonds. The molecular weight excluding hydrogens is 410 g/mol. The summed E-state index contributed by atoms with van der Waals surface area (Å²) in [6.45, 7) is 1.85. The van der Waals surface area contributed by atoms with Crippen molar-refractivity contribution < 1.29 is 23.8 Å². The molecule has 3 aromatic rings. The number of ether oxygens (including phenoxy) is 3. The molecule has 9 nitrogen and oxygen atoms in total. The first-order valence-corrected chi connectivity index (χ1v) is 9.84. The van der Waals surface area contributed by atoms with Crippen molar-refractivity contribution in [3.63, 3.8) is 0 Å². The number of hydrogen-bond donors (Lipinski definition) is 1. The van der Waals surface area contributed by atoms with Gasteiger partial charge in [-0.15, -0.1) is 11.3 Å². The smallest absolute Gasteiger partial charge is 0.348 e. The Kier molecular flexibility index (Phi) is 6.80. The van der Waals surface area contributed by atoms with Gasteiger partial charge < -0.3 is 19.5 Å². The number of anilines is 1. The molecule has 0 fully saturated rings. The van der Waals surface area contributed by atoms with Gasteiger partial charge in [0, 0.05) is 12.8 Å². The molecule has 1 aromatic carbocycles. The molecular formula is C20H21N3O6S. The summed E-state index contributed by atoms with van der Waals surface area (Å²) in [6, 6.07) is 6.84. The van der Waals surface area contributed by atoms with Crippen molar-refractivity contribution in [1.82, 2.24) is 9.55 Å². The Hall–Kier alpha value is -3.24. The van der Waals surface area contributed by atoms with Crippen LogP contribution in [0.15, 0.2) is 35.4 Å². The summed E-state index contributed by atoms with van der Waals surface area (Å²) in [7, 11) is 3.07. The first-order valence-electron chi connectivity index (χ1n) is 9.03. The number of nitrogens with one attached hydrogen (secondary N) is 1. The van der Waals surface area contributed by atoms with E-state index in [0.29, 0.717) is 32.1 Å². The number of fused-ring (bicyclic) bond motifs is 1. The van der Waals surface area contributed by atoms with Crippen molar-refractivity contribution in [3.8, 4) is 5.75 Å². The van der Waals surface area contributed by atoms with Gasteiger partial charge in [0.15, 0.2) is 0 Å². The van der Waals surface area contributed by atoms with Crippen LogP contribution in [0.4, 0.5) is 5.69 Å². The number of nitrogens with zero attached hydrogens (tertiary/aromatic N) is 2. The molecule has 10 heteroatoms. The summed E-state index contributed by atoms with van der Waals surface area (Å²) in [5.74, 6) is -0.241. The molecule has 30 heavy (non-hydrogen) atoms. The van der Waals surface area contributed by atoms with Crippen LogP contribution in [-0.2, 0) is 20.8 Å². The lowest BCUT2D eigenvalue weighted by molar-refractivity contribution is -0.116. The van der Waals surface area contributed by atoms with Crippen LogP contribution in [0.1, 0.15) is 15.2 Å². The lowest BCUT2D eigenvalue weighted by Crippen LogP contribution is -2.27. The summed E-state index contributed by atoms with van der Waals surface area (Å²) < 4.78 is 16.3. The minimum atomic E-state index is -0.532. The molecule has 0 spiro atoms. The largest absolute Gasteiger partial charge is 0.497 e. The molecule has 2 heterocycles. The van der Waals surface area contributed by atoms with Crippen molar-refractivity contribution in [2.24, 2.45) is 0 Å². The van der Waals surface area contributed by atoms with E-state index in [4.69, 9.17) is 14.2 Å². The van der Waals surface area contributed by atoms with Crippen LogP contribution in [0.25, 0.3) is 10.2 Å². The fourth-order valence-corrected chi connectivity index (χ4v) is 3.81. The van der Waals surface area contributed by atoms with E-state index in [1.165, 1.54) is 18.0 Å². The predicted molar refractivity (Wildman–Crippen MR) is 112 cm³/mol. The molecule has 0 unspecified atom stereocenters. The highest BCUT2D eigenvalue weighted by Gasteiger charge is 2.21. The molecule has 0 bridgehead atoms. The Morgan fingerprint density at radius 2 is 1.90 bits per heavy atom. The van der Waals surface area contributed by atoms with Gasteiger partial charge in [-0.1, -0.05) is 0 Å². The molecule has 3 rings (SSSR count). The summed E-state index contributed by atoms with van der Waals surface area (Å²) in [6.07, 6.45) is 1.30. The number of hydrogen-bond acceptors (Lipinski definition) is 8. The number of benzene rings is 1. The van der Waals surface area contributed by atoms with Gasteiger partial charge in [-0.2, -0.15) is 0 Å². The second kappa shape index (κ2) is 9.51. The molecule has 0 aliphatic rings. The van der Waals surface area contributed by atoms with E-state index in [0.717, 1.165) is 11.3 Å².